The van der Waals surface area contributed by atoms with Gasteiger partial charge in [0, 0.05) is 10.9 Å². The highest BCUT2D eigenvalue weighted by molar-refractivity contribution is 9.10. The van der Waals surface area contributed by atoms with E-state index in [2.05, 4.69) is 25.9 Å². The van der Waals surface area contributed by atoms with Crippen LogP contribution in [0.2, 0.25) is 5.15 Å². The number of benzene rings is 1. The van der Waals surface area contributed by atoms with Gasteiger partial charge in [0.2, 0.25) is 0 Å². The zero-order valence-corrected chi connectivity index (χ0v) is 11.6. The molecule has 1 amide bonds. The molecule has 6 heteroatoms. The van der Waals surface area contributed by atoms with Crippen molar-refractivity contribution in [2.75, 3.05) is 0 Å². The first-order valence-electron chi connectivity index (χ1n) is 5.12. The third-order valence-corrected chi connectivity index (χ3v) is 3.11. The predicted octanol–water partition coefficient (Wildman–Crippen LogP) is 2.58. The van der Waals surface area contributed by atoms with Crippen molar-refractivity contribution in [3.63, 3.8) is 0 Å². The molecule has 1 aromatic carbocycles. The smallest absolute Gasteiger partial charge is 0.268 e. The van der Waals surface area contributed by atoms with Crippen molar-refractivity contribution in [3.05, 3.63) is 57.0 Å². The van der Waals surface area contributed by atoms with Crippen LogP contribution in [-0.4, -0.2) is 15.9 Å². The molecule has 2 N–H and O–H groups in total. The fourth-order valence-corrected chi connectivity index (χ4v) is 2.12. The molecule has 0 unspecified atom stereocenters. The average Bonchev–Trinajstić information content (AvgIpc) is 2.31. The second-order valence-corrected chi connectivity index (χ2v) is 4.94. The van der Waals surface area contributed by atoms with E-state index < -0.39 is 5.91 Å². The van der Waals surface area contributed by atoms with Crippen LogP contribution in [0, 0.1) is 0 Å². The number of amides is 1. The van der Waals surface area contributed by atoms with Crippen LogP contribution < -0.4 is 5.73 Å². The van der Waals surface area contributed by atoms with E-state index in [-0.39, 0.29) is 10.8 Å². The topological polar surface area (TPSA) is 68.9 Å². The van der Waals surface area contributed by atoms with Crippen molar-refractivity contribution in [3.8, 4) is 0 Å². The van der Waals surface area contributed by atoms with Gasteiger partial charge in [-0.3, -0.25) is 9.78 Å². The molecule has 0 aliphatic rings. The molecule has 2 rings (SSSR count). The maximum absolute atomic E-state index is 10.9. The van der Waals surface area contributed by atoms with Gasteiger partial charge in [-0.05, 0) is 17.7 Å². The van der Waals surface area contributed by atoms with Crippen molar-refractivity contribution in [2.24, 2.45) is 5.73 Å². The highest BCUT2D eigenvalue weighted by atomic mass is 79.9. The standard InChI is InChI=1S/C12H9BrClN3O/c13-8-3-1-2-7(4-8)5-9-11(14)17-10(6-16-9)12(15)18/h1-4,6H,5H2,(H2,15,18). The first-order valence-corrected chi connectivity index (χ1v) is 6.29. The third-order valence-electron chi connectivity index (χ3n) is 2.31. The zero-order valence-electron chi connectivity index (χ0n) is 9.23. The molecule has 2 aromatic rings. The molecule has 0 fully saturated rings. The van der Waals surface area contributed by atoms with Crippen LogP contribution in [0.5, 0.6) is 0 Å². The van der Waals surface area contributed by atoms with Gasteiger partial charge in [0.15, 0.2) is 5.15 Å². The predicted molar refractivity (Wildman–Crippen MR) is 72.5 cm³/mol. The fourth-order valence-electron chi connectivity index (χ4n) is 1.47. The number of carbonyl (C=O) groups excluding carboxylic acids is 1. The van der Waals surface area contributed by atoms with Crippen LogP contribution in [0.3, 0.4) is 0 Å². The molecule has 18 heavy (non-hydrogen) atoms. The number of aromatic nitrogens is 2. The summed E-state index contributed by atoms with van der Waals surface area (Å²) in [5.74, 6) is -0.640. The summed E-state index contributed by atoms with van der Waals surface area (Å²) in [7, 11) is 0. The molecule has 4 nitrogen and oxygen atoms in total. The molecule has 0 aliphatic carbocycles. The van der Waals surface area contributed by atoms with Gasteiger partial charge in [0.05, 0.1) is 11.9 Å². The number of rotatable bonds is 3. The van der Waals surface area contributed by atoms with E-state index in [1.54, 1.807) is 0 Å². The van der Waals surface area contributed by atoms with Crippen LogP contribution >= 0.6 is 27.5 Å². The van der Waals surface area contributed by atoms with E-state index in [9.17, 15) is 4.79 Å². The molecule has 0 bridgehead atoms. The Morgan fingerprint density at radius 3 is 2.83 bits per heavy atom. The lowest BCUT2D eigenvalue weighted by atomic mass is 10.1. The lowest BCUT2D eigenvalue weighted by molar-refractivity contribution is 0.0995. The Balaban J connectivity index is 2.27. The maximum atomic E-state index is 10.9. The van der Waals surface area contributed by atoms with Gasteiger partial charge in [-0.1, -0.05) is 39.7 Å². The molecule has 0 atom stereocenters. The zero-order chi connectivity index (χ0) is 13.1. The Morgan fingerprint density at radius 2 is 2.22 bits per heavy atom. The molecule has 1 heterocycles. The molecular formula is C12H9BrClN3O. The molecule has 0 radical (unpaired) electrons. The Hall–Kier alpha value is -1.46. The van der Waals surface area contributed by atoms with Gasteiger partial charge in [0.1, 0.15) is 5.69 Å². The maximum Gasteiger partial charge on any atom is 0.268 e. The summed E-state index contributed by atoms with van der Waals surface area (Å²) >= 11 is 9.36. The van der Waals surface area contributed by atoms with Crippen LogP contribution in [0.4, 0.5) is 0 Å². The second-order valence-electron chi connectivity index (χ2n) is 3.66. The number of hydrogen-bond acceptors (Lipinski definition) is 3. The monoisotopic (exact) mass is 325 g/mol. The summed E-state index contributed by atoms with van der Waals surface area (Å²) in [5.41, 5.74) is 6.83. The number of nitrogens with two attached hydrogens (primary N) is 1. The minimum Gasteiger partial charge on any atom is -0.364 e. The van der Waals surface area contributed by atoms with Gasteiger partial charge in [-0.2, -0.15) is 0 Å². The number of halogens is 2. The van der Waals surface area contributed by atoms with Crippen LogP contribution in [0.1, 0.15) is 21.7 Å². The van der Waals surface area contributed by atoms with E-state index in [0.29, 0.717) is 12.1 Å². The number of nitrogens with zero attached hydrogens (tertiary/aromatic N) is 2. The summed E-state index contributed by atoms with van der Waals surface area (Å²) in [6.45, 7) is 0. The lowest BCUT2D eigenvalue weighted by Gasteiger charge is -2.04. The third kappa shape index (κ3) is 3.05. The molecule has 0 saturated heterocycles. The van der Waals surface area contributed by atoms with Crippen LogP contribution in [0.25, 0.3) is 0 Å². The Labute approximate surface area is 117 Å². The number of carbonyl (C=O) groups is 1. The highest BCUT2D eigenvalue weighted by Gasteiger charge is 2.09. The second kappa shape index (κ2) is 5.46. The van der Waals surface area contributed by atoms with E-state index in [4.69, 9.17) is 17.3 Å². The summed E-state index contributed by atoms with van der Waals surface area (Å²) in [4.78, 5) is 18.9. The Kier molecular flexibility index (Phi) is 3.93. The first kappa shape index (κ1) is 13.0. The minimum atomic E-state index is -0.640. The van der Waals surface area contributed by atoms with Crippen molar-refractivity contribution in [1.29, 1.82) is 0 Å². The minimum absolute atomic E-state index is 0.0676. The number of hydrogen-bond donors (Lipinski definition) is 1. The molecular weight excluding hydrogens is 318 g/mol. The van der Waals surface area contributed by atoms with Crippen LogP contribution in [-0.2, 0) is 6.42 Å². The summed E-state index contributed by atoms with van der Waals surface area (Å²) in [5, 5.41) is 0.200. The molecule has 0 spiro atoms. The molecule has 0 aliphatic heterocycles. The molecule has 1 aromatic heterocycles. The van der Waals surface area contributed by atoms with E-state index in [1.165, 1.54) is 6.20 Å². The van der Waals surface area contributed by atoms with Crippen molar-refractivity contribution in [1.82, 2.24) is 9.97 Å². The lowest BCUT2D eigenvalue weighted by Crippen LogP contribution is -2.14. The van der Waals surface area contributed by atoms with Gasteiger partial charge >= 0.3 is 0 Å². The highest BCUT2D eigenvalue weighted by Crippen LogP contribution is 2.18. The summed E-state index contributed by atoms with van der Waals surface area (Å²) in [6.07, 6.45) is 1.88. The summed E-state index contributed by atoms with van der Waals surface area (Å²) < 4.78 is 0.984. The molecule has 92 valence electrons. The van der Waals surface area contributed by atoms with Crippen molar-refractivity contribution >= 4 is 33.4 Å². The van der Waals surface area contributed by atoms with Gasteiger partial charge in [-0.25, -0.2) is 4.98 Å². The molecule has 0 saturated carbocycles. The van der Waals surface area contributed by atoms with Crippen molar-refractivity contribution in [2.45, 2.75) is 6.42 Å². The average molecular weight is 327 g/mol. The van der Waals surface area contributed by atoms with E-state index in [0.717, 1.165) is 10.0 Å². The normalized spacial score (nSPS) is 10.3. The van der Waals surface area contributed by atoms with Gasteiger partial charge in [-0.15, -0.1) is 0 Å². The van der Waals surface area contributed by atoms with Crippen LogP contribution in [0.15, 0.2) is 34.9 Å². The van der Waals surface area contributed by atoms with E-state index >= 15 is 0 Å². The van der Waals surface area contributed by atoms with E-state index in [1.807, 2.05) is 24.3 Å². The Morgan fingerprint density at radius 1 is 1.44 bits per heavy atom. The Bertz CT molecular complexity index is 604. The quantitative estimate of drug-likeness (QED) is 0.942. The first-order chi connectivity index (χ1) is 8.56. The number of primary amides is 1. The SMILES string of the molecule is NC(=O)c1cnc(Cc2cccc(Br)c2)c(Cl)n1. The fraction of sp³-hybridized carbons (Fsp3) is 0.0833. The largest absolute Gasteiger partial charge is 0.364 e. The van der Waals surface area contributed by atoms with Crippen molar-refractivity contribution < 1.29 is 4.79 Å². The summed E-state index contributed by atoms with van der Waals surface area (Å²) in [6, 6.07) is 7.80. The van der Waals surface area contributed by atoms with Gasteiger partial charge in [0.25, 0.3) is 5.91 Å². The van der Waals surface area contributed by atoms with Gasteiger partial charge < -0.3 is 5.73 Å².